The van der Waals surface area contributed by atoms with Gasteiger partial charge in [-0.25, -0.2) is 15.0 Å². The third-order valence-corrected chi connectivity index (χ3v) is 7.59. The number of halogens is 3. The van der Waals surface area contributed by atoms with Crippen LogP contribution in [0.2, 0.25) is 0 Å². The van der Waals surface area contributed by atoms with Gasteiger partial charge in [-0.3, -0.25) is 9.69 Å². The number of alkyl halides is 3. The van der Waals surface area contributed by atoms with Crippen molar-refractivity contribution < 1.29 is 18.0 Å². The summed E-state index contributed by atoms with van der Waals surface area (Å²) < 4.78 is 41.6. The minimum absolute atomic E-state index is 0.0691. The first kappa shape index (κ1) is 28.5. The van der Waals surface area contributed by atoms with Crippen molar-refractivity contribution in [3.05, 3.63) is 77.9 Å². The van der Waals surface area contributed by atoms with Crippen LogP contribution in [-0.2, 0) is 6.18 Å². The zero-order valence-electron chi connectivity index (χ0n) is 23.8. The Morgan fingerprint density at radius 3 is 2.51 bits per heavy atom. The highest BCUT2D eigenvalue weighted by Crippen LogP contribution is 2.37. The van der Waals surface area contributed by atoms with E-state index >= 15 is 0 Å². The third-order valence-electron chi connectivity index (χ3n) is 7.59. The van der Waals surface area contributed by atoms with Crippen molar-refractivity contribution >= 4 is 40.6 Å². The fourth-order valence-electron chi connectivity index (χ4n) is 4.99. The lowest BCUT2D eigenvalue weighted by Gasteiger charge is -2.34. The maximum atomic E-state index is 13.9. The highest BCUT2D eigenvalue weighted by Gasteiger charge is 2.33. The van der Waals surface area contributed by atoms with Crippen molar-refractivity contribution in [3.8, 4) is 0 Å². The van der Waals surface area contributed by atoms with Gasteiger partial charge in [0.15, 0.2) is 0 Å². The molecular weight excluding hydrogens is 559 g/mol. The van der Waals surface area contributed by atoms with Crippen LogP contribution in [0.15, 0.2) is 61.2 Å². The summed E-state index contributed by atoms with van der Waals surface area (Å²) in [5, 5.41) is 6.18. The van der Waals surface area contributed by atoms with Crippen LogP contribution in [-0.4, -0.2) is 70.0 Å². The number of benzene rings is 2. The lowest BCUT2D eigenvalue weighted by molar-refractivity contribution is -0.137. The number of nitrogens with one attached hydrogen (secondary N) is 3. The Labute approximate surface area is 247 Å². The van der Waals surface area contributed by atoms with E-state index in [1.54, 1.807) is 29.4 Å². The van der Waals surface area contributed by atoms with Gasteiger partial charge in [-0.15, -0.1) is 0 Å². The van der Waals surface area contributed by atoms with E-state index in [-0.39, 0.29) is 5.56 Å². The molecule has 10 nitrogen and oxygen atoms in total. The number of hydrogen-bond acceptors (Lipinski definition) is 8. The van der Waals surface area contributed by atoms with Gasteiger partial charge in [0.05, 0.1) is 11.3 Å². The lowest BCUT2D eigenvalue weighted by atomic mass is 10.1. The Morgan fingerprint density at radius 2 is 1.81 bits per heavy atom. The highest BCUT2D eigenvalue weighted by atomic mass is 19.4. The number of piperazine rings is 1. The van der Waals surface area contributed by atoms with E-state index in [1.165, 1.54) is 12.4 Å². The van der Waals surface area contributed by atoms with Crippen LogP contribution in [0.5, 0.6) is 0 Å². The Morgan fingerprint density at radius 1 is 1.02 bits per heavy atom. The molecule has 13 heteroatoms. The van der Waals surface area contributed by atoms with Gasteiger partial charge in [0.25, 0.3) is 5.91 Å². The first-order chi connectivity index (χ1) is 20.6. The van der Waals surface area contributed by atoms with Crippen molar-refractivity contribution in [1.29, 1.82) is 0 Å². The van der Waals surface area contributed by atoms with Crippen LogP contribution < -0.4 is 20.4 Å². The number of imidazole rings is 1. The van der Waals surface area contributed by atoms with Gasteiger partial charge < -0.3 is 25.4 Å². The molecule has 0 spiro atoms. The minimum Gasteiger partial charge on any atom is -0.369 e. The molecule has 1 saturated heterocycles. The number of rotatable bonds is 8. The molecule has 6 rings (SSSR count). The van der Waals surface area contributed by atoms with Crippen LogP contribution >= 0.6 is 0 Å². The van der Waals surface area contributed by atoms with Crippen LogP contribution in [0.1, 0.15) is 34.3 Å². The SMILES string of the molecule is Cc1ccc(NC(=O)c2cc(N3CCN(C)CC3)cc(C(F)(F)F)c2)cc1N(c1cc(NC2CC2)ncn1)c1ncc[nH]1. The van der Waals surface area contributed by atoms with Crippen LogP contribution in [0, 0.1) is 6.92 Å². The third kappa shape index (κ3) is 6.56. The normalized spacial score (nSPS) is 15.8. The van der Waals surface area contributed by atoms with Crippen molar-refractivity contribution in [3.63, 3.8) is 0 Å². The van der Waals surface area contributed by atoms with Crippen molar-refractivity contribution in [1.82, 2.24) is 24.8 Å². The summed E-state index contributed by atoms with van der Waals surface area (Å²) in [4.78, 5) is 35.6. The molecule has 0 atom stereocenters. The average molecular weight is 592 g/mol. The van der Waals surface area contributed by atoms with Gasteiger partial charge in [0.2, 0.25) is 5.95 Å². The highest BCUT2D eigenvalue weighted by molar-refractivity contribution is 6.05. The van der Waals surface area contributed by atoms with Crippen LogP contribution in [0.25, 0.3) is 0 Å². The zero-order valence-corrected chi connectivity index (χ0v) is 23.8. The second-order valence-corrected chi connectivity index (χ2v) is 10.9. The summed E-state index contributed by atoms with van der Waals surface area (Å²) in [6.07, 6.45) is 2.38. The van der Waals surface area contributed by atoms with Crippen LogP contribution in [0.4, 0.5) is 47.8 Å². The van der Waals surface area contributed by atoms with Gasteiger partial charge in [-0.05, 0) is 62.7 Å². The largest absolute Gasteiger partial charge is 0.416 e. The molecule has 43 heavy (non-hydrogen) atoms. The van der Waals surface area contributed by atoms with Crippen LogP contribution in [0.3, 0.4) is 0 Å². The summed E-state index contributed by atoms with van der Waals surface area (Å²) in [6.45, 7) is 4.51. The van der Waals surface area contributed by atoms with E-state index in [1.807, 2.05) is 31.0 Å². The second kappa shape index (κ2) is 11.6. The van der Waals surface area contributed by atoms with Crippen molar-refractivity contribution in [2.45, 2.75) is 32.0 Å². The number of carbonyl (C=O) groups is 1. The topological polar surface area (TPSA) is 105 Å². The maximum Gasteiger partial charge on any atom is 0.416 e. The maximum absolute atomic E-state index is 13.9. The van der Waals surface area contributed by atoms with Gasteiger partial charge in [0, 0.05) is 67.6 Å². The van der Waals surface area contributed by atoms with Gasteiger partial charge in [-0.2, -0.15) is 13.2 Å². The molecule has 4 aromatic rings. The van der Waals surface area contributed by atoms with E-state index in [2.05, 4.69) is 35.5 Å². The molecule has 1 saturated carbocycles. The molecule has 1 amide bonds. The summed E-state index contributed by atoms with van der Waals surface area (Å²) in [5.74, 6) is 1.09. The number of aromatic nitrogens is 4. The smallest absolute Gasteiger partial charge is 0.369 e. The molecule has 2 fully saturated rings. The number of hydrogen-bond donors (Lipinski definition) is 3. The Hall–Kier alpha value is -4.65. The first-order valence-electron chi connectivity index (χ1n) is 14.1. The number of aryl methyl sites for hydroxylation is 1. The monoisotopic (exact) mass is 591 g/mol. The number of amides is 1. The van der Waals surface area contributed by atoms with E-state index < -0.39 is 17.6 Å². The molecule has 224 valence electrons. The number of anilines is 6. The number of aromatic amines is 1. The zero-order chi connectivity index (χ0) is 30.1. The van der Waals surface area contributed by atoms with E-state index in [9.17, 15) is 18.0 Å². The Balaban J connectivity index is 1.31. The summed E-state index contributed by atoms with van der Waals surface area (Å²) in [6, 6.07) is 11.0. The molecule has 2 aromatic heterocycles. The molecular formula is C30H32F3N9O. The number of carbonyl (C=O) groups excluding carboxylic acids is 1. The lowest BCUT2D eigenvalue weighted by Crippen LogP contribution is -2.44. The first-order valence-corrected chi connectivity index (χ1v) is 14.1. The fourth-order valence-corrected chi connectivity index (χ4v) is 4.99. The van der Waals surface area contributed by atoms with Crippen molar-refractivity contribution in [2.24, 2.45) is 0 Å². The minimum atomic E-state index is -4.59. The van der Waals surface area contributed by atoms with Gasteiger partial charge >= 0.3 is 6.18 Å². The second-order valence-electron chi connectivity index (χ2n) is 10.9. The molecule has 1 aliphatic heterocycles. The quantitative estimate of drug-likeness (QED) is 0.244. The summed E-state index contributed by atoms with van der Waals surface area (Å²) in [7, 11) is 1.97. The van der Waals surface area contributed by atoms with E-state index in [4.69, 9.17) is 0 Å². The molecule has 0 radical (unpaired) electrons. The molecule has 0 bridgehead atoms. The molecule has 2 aromatic carbocycles. The molecule has 0 unspecified atom stereocenters. The molecule has 3 N–H and O–H groups in total. The van der Waals surface area contributed by atoms with Gasteiger partial charge in [0.1, 0.15) is 18.0 Å². The van der Waals surface area contributed by atoms with Crippen molar-refractivity contribution in [2.75, 3.05) is 53.7 Å². The molecule has 2 aliphatic rings. The van der Waals surface area contributed by atoms with Gasteiger partial charge in [-0.1, -0.05) is 6.07 Å². The average Bonchev–Trinajstić information content (AvgIpc) is 3.64. The standard InChI is InChI=1S/C30H32F3N9O/c1-19-3-4-23(16-25(19)42(29-34-7-8-35-29)27-17-26(36-18-37-27)38-22-5-6-22)39-28(43)20-13-21(30(31,32)33)15-24(14-20)41-11-9-40(2)10-12-41/h3-4,7-8,13-18,22H,5-6,9-12H2,1-2H3,(H,34,35)(H,39,43)(H,36,37,38). The Kier molecular flexibility index (Phi) is 7.65. The van der Waals surface area contributed by atoms with E-state index in [0.29, 0.717) is 53.8 Å². The predicted molar refractivity (Wildman–Crippen MR) is 159 cm³/mol. The molecule has 1 aliphatic carbocycles. The Bertz CT molecular complexity index is 1600. The number of nitrogens with zero attached hydrogens (tertiary/aromatic N) is 6. The number of likely N-dealkylation sites (N-methyl/N-ethyl adjacent to an activating group) is 1. The fraction of sp³-hybridized carbons (Fsp3) is 0.333. The number of H-pyrrole nitrogens is 1. The predicted octanol–water partition coefficient (Wildman–Crippen LogP) is 5.58. The summed E-state index contributed by atoms with van der Waals surface area (Å²) in [5.41, 5.74) is 1.39. The van der Waals surface area contributed by atoms with E-state index in [0.717, 1.165) is 43.6 Å². The molecule has 3 heterocycles. The summed E-state index contributed by atoms with van der Waals surface area (Å²) >= 11 is 0.